The van der Waals surface area contributed by atoms with Gasteiger partial charge in [0.05, 0.1) is 0 Å². The van der Waals surface area contributed by atoms with Crippen LogP contribution in [0.1, 0.15) is 33.1 Å². The zero-order chi connectivity index (χ0) is 13.6. The molecule has 1 aliphatic rings. The lowest BCUT2D eigenvalue weighted by atomic mass is 9.85. The SMILES string of the molecule is CCC(C)(CNC)CN1CCC(CN(C)C)CC1. The van der Waals surface area contributed by atoms with Crippen LogP contribution < -0.4 is 5.32 Å². The van der Waals surface area contributed by atoms with Gasteiger partial charge in [-0.1, -0.05) is 13.8 Å². The van der Waals surface area contributed by atoms with Crippen molar-refractivity contribution in [2.75, 3.05) is 53.9 Å². The van der Waals surface area contributed by atoms with Crippen molar-refractivity contribution in [3.05, 3.63) is 0 Å². The Morgan fingerprint density at radius 1 is 1.28 bits per heavy atom. The molecule has 1 unspecified atom stereocenters. The average Bonchev–Trinajstić information content (AvgIpc) is 2.31. The number of rotatable bonds is 7. The van der Waals surface area contributed by atoms with Gasteiger partial charge in [0, 0.05) is 19.6 Å². The summed E-state index contributed by atoms with van der Waals surface area (Å²) >= 11 is 0. The first-order valence-corrected chi connectivity index (χ1v) is 7.51. The van der Waals surface area contributed by atoms with Crippen LogP contribution in [0.2, 0.25) is 0 Å². The third kappa shape index (κ3) is 5.25. The molecule has 0 aromatic heterocycles. The number of nitrogens with zero attached hydrogens (tertiary/aromatic N) is 2. The van der Waals surface area contributed by atoms with Crippen molar-refractivity contribution in [3.63, 3.8) is 0 Å². The molecule has 18 heavy (non-hydrogen) atoms. The lowest BCUT2D eigenvalue weighted by molar-refractivity contribution is 0.107. The van der Waals surface area contributed by atoms with E-state index in [1.54, 1.807) is 0 Å². The van der Waals surface area contributed by atoms with Gasteiger partial charge in [0.15, 0.2) is 0 Å². The van der Waals surface area contributed by atoms with Crippen molar-refractivity contribution in [1.82, 2.24) is 15.1 Å². The lowest BCUT2D eigenvalue weighted by Gasteiger charge is -2.39. The quantitative estimate of drug-likeness (QED) is 0.749. The molecule has 1 aliphatic heterocycles. The average molecular weight is 255 g/mol. The highest BCUT2D eigenvalue weighted by Gasteiger charge is 2.27. The molecule has 1 atom stereocenters. The summed E-state index contributed by atoms with van der Waals surface area (Å²) in [5, 5.41) is 3.35. The maximum atomic E-state index is 3.35. The van der Waals surface area contributed by atoms with E-state index in [4.69, 9.17) is 0 Å². The monoisotopic (exact) mass is 255 g/mol. The molecule has 0 amide bonds. The van der Waals surface area contributed by atoms with Gasteiger partial charge in [-0.05, 0) is 64.8 Å². The minimum Gasteiger partial charge on any atom is -0.319 e. The Hall–Kier alpha value is -0.120. The fourth-order valence-corrected chi connectivity index (χ4v) is 3.10. The van der Waals surface area contributed by atoms with Crippen molar-refractivity contribution in [2.24, 2.45) is 11.3 Å². The van der Waals surface area contributed by atoms with Gasteiger partial charge >= 0.3 is 0 Å². The van der Waals surface area contributed by atoms with E-state index in [-0.39, 0.29) is 0 Å². The molecular weight excluding hydrogens is 222 g/mol. The predicted molar refractivity (Wildman–Crippen MR) is 80.0 cm³/mol. The van der Waals surface area contributed by atoms with Crippen LogP contribution in [0.3, 0.4) is 0 Å². The molecule has 1 rings (SSSR count). The van der Waals surface area contributed by atoms with Crippen LogP contribution in [-0.4, -0.2) is 63.7 Å². The molecule has 3 nitrogen and oxygen atoms in total. The zero-order valence-corrected chi connectivity index (χ0v) is 13.1. The molecule has 1 saturated heterocycles. The van der Waals surface area contributed by atoms with Crippen LogP contribution in [-0.2, 0) is 0 Å². The van der Waals surface area contributed by atoms with E-state index in [1.807, 2.05) is 0 Å². The van der Waals surface area contributed by atoms with Crippen molar-refractivity contribution >= 4 is 0 Å². The first-order valence-electron chi connectivity index (χ1n) is 7.51. The first kappa shape index (κ1) is 15.9. The van der Waals surface area contributed by atoms with Crippen LogP contribution in [0.15, 0.2) is 0 Å². The van der Waals surface area contributed by atoms with Crippen LogP contribution in [0, 0.1) is 11.3 Å². The number of hydrogen-bond acceptors (Lipinski definition) is 3. The van der Waals surface area contributed by atoms with Crippen molar-refractivity contribution < 1.29 is 0 Å². The van der Waals surface area contributed by atoms with Gasteiger partial charge < -0.3 is 15.1 Å². The summed E-state index contributed by atoms with van der Waals surface area (Å²) in [7, 11) is 6.44. The normalized spacial score (nSPS) is 22.3. The standard InChI is InChI=1S/C15H33N3/c1-6-15(2,12-16-3)13-18-9-7-14(8-10-18)11-17(4)5/h14,16H,6-13H2,1-5H3. The summed E-state index contributed by atoms with van der Waals surface area (Å²) in [5.41, 5.74) is 0.434. The number of nitrogens with one attached hydrogen (secondary N) is 1. The fourth-order valence-electron chi connectivity index (χ4n) is 3.10. The number of likely N-dealkylation sites (tertiary alicyclic amines) is 1. The number of hydrogen-bond donors (Lipinski definition) is 1. The van der Waals surface area contributed by atoms with Crippen molar-refractivity contribution in [2.45, 2.75) is 33.1 Å². The molecule has 108 valence electrons. The molecular formula is C15H33N3. The minimum absolute atomic E-state index is 0.434. The summed E-state index contributed by atoms with van der Waals surface area (Å²) in [5.74, 6) is 0.911. The molecule has 0 radical (unpaired) electrons. The van der Waals surface area contributed by atoms with Crippen LogP contribution in [0.4, 0.5) is 0 Å². The molecule has 0 spiro atoms. The Morgan fingerprint density at radius 3 is 2.33 bits per heavy atom. The molecule has 0 aromatic carbocycles. The maximum absolute atomic E-state index is 3.35. The Bertz CT molecular complexity index is 222. The molecule has 1 fully saturated rings. The molecule has 0 aromatic rings. The largest absolute Gasteiger partial charge is 0.319 e. The smallest absolute Gasteiger partial charge is 0.00474 e. The van der Waals surface area contributed by atoms with E-state index in [0.29, 0.717) is 5.41 Å². The minimum atomic E-state index is 0.434. The zero-order valence-electron chi connectivity index (χ0n) is 13.1. The highest BCUT2D eigenvalue weighted by molar-refractivity contribution is 4.82. The molecule has 1 N–H and O–H groups in total. The third-order valence-electron chi connectivity index (χ3n) is 4.39. The Kier molecular flexibility index (Phi) is 6.61. The summed E-state index contributed by atoms with van der Waals surface area (Å²) < 4.78 is 0. The molecule has 3 heteroatoms. The second kappa shape index (κ2) is 7.46. The summed E-state index contributed by atoms with van der Waals surface area (Å²) in [6, 6.07) is 0. The maximum Gasteiger partial charge on any atom is 0.00474 e. The van der Waals surface area contributed by atoms with E-state index in [1.165, 1.54) is 45.4 Å². The second-order valence-corrected chi connectivity index (χ2v) is 6.68. The topological polar surface area (TPSA) is 18.5 Å². The number of piperidine rings is 1. The second-order valence-electron chi connectivity index (χ2n) is 6.68. The Balaban J connectivity index is 2.34. The molecule has 0 bridgehead atoms. The Morgan fingerprint density at radius 2 is 1.89 bits per heavy atom. The van der Waals surface area contributed by atoms with E-state index in [0.717, 1.165) is 12.5 Å². The molecule has 0 aliphatic carbocycles. The summed E-state index contributed by atoms with van der Waals surface area (Å²) in [6.07, 6.45) is 4.00. The third-order valence-corrected chi connectivity index (χ3v) is 4.39. The van der Waals surface area contributed by atoms with Gasteiger partial charge in [0.1, 0.15) is 0 Å². The fraction of sp³-hybridized carbons (Fsp3) is 1.00. The molecule has 1 heterocycles. The lowest BCUT2D eigenvalue weighted by Crippen LogP contribution is -2.45. The van der Waals surface area contributed by atoms with Gasteiger partial charge in [0.2, 0.25) is 0 Å². The van der Waals surface area contributed by atoms with Gasteiger partial charge in [-0.3, -0.25) is 0 Å². The highest BCUT2D eigenvalue weighted by atomic mass is 15.1. The van der Waals surface area contributed by atoms with Crippen LogP contribution >= 0.6 is 0 Å². The van der Waals surface area contributed by atoms with E-state index in [9.17, 15) is 0 Å². The van der Waals surface area contributed by atoms with Gasteiger partial charge in [-0.15, -0.1) is 0 Å². The van der Waals surface area contributed by atoms with Crippen LogP contribution in [0.5, 0.6) is 0 Å². The molecule has 0 saturated carbocycles. The summed E-state index contributed by atoms with van der Waals surface area (Å²) in [6.45, 7) is 10.9. The van der Waals surface area contributed by atoms with E-state index in [2.05, 4.69) is 50.1 Å². The van der Waals surface area contributed by atoms with Crippen LogP contribution in [0.25, 0.3) is 0 Å². The van der Waals surface area contributed by atoms with Gasteiger partial charge in [-0.25, -0.2) is 0 Å². The van der Waals surface area contributed by atoms with Crippen molar-refractivity contribution in [1.29, 1.82) is 0 Å². The summed E-state index contributed by atoms with van der Waals surface area (Å²) in [4.78, 5) is 5.00. The van der Waals surface area contributed by atoms with E-state index >= 15 is 0 Å². The highest BCUT2D eigenvalue weighted by Crippen LogP contribution is 2.25. The van der Waals surface area contributed by atoms with Crippen molar-refractivity contribution in [3.8, 4) is 0 Å². The Labute approximate surface area is 114 Å². The van der Waals surface area contributed by atoms with E-state index < -0.39 is 0 Å². The first-order chi connectivity index (χ1) is 8.49. The van der Waals surface area contributed by atoms with Gasteiger partial charge in [0.25, 0.3) is 0 Å². The van der Waals surface area contributed by atoms with Gasteiger partial charge in [-0.2, -0.15) is 0 Å². The predicted octanol–water partition coefficient (Wildman–Crippen LogP) is 1.90.